The summed E-state index contributed by atoms with van der Waals surface area (Å²) in [5.41, 5.74) is 2.18. The first-order valence-electron chi connectivity index (χ1n) is 4.94. The number of nitrogens with one attached hydrogen (secondary N) is 1. The van der Waals surface area contributed by atoms with Crippen LogP contribution in [0.15, 0.2) is 35.6 Å². The zero-order chi connectivity index (χ0) is 10.6. The molecule has 1 aliphatic rings. The monoisotopic (exact) mass is 191 g/mol. The average molecular weight is 191 g/mol. The van der Waals surface area contributed by atoms with Gasteiger partial charge in [-0.25, -0.2) is 0 Å². The lowest BCUT2D eigenvalue weighted by atomic mass is 10.2. The van der Waals surface area contributed by atoms with Gasteiger partial charge in [0.25, 0.3) is 0 Å². The number of carbonyl (C=O) groups is 1. The van der Waals surface area contributed by atoms with Crippen molar-refractivity contribution < 1.29 is 4.79 Å². The highest BCUT2D eigenvalue weighted by Crippen LogP contribution is 2.09. The van der Waals surface area contributed by atoms with Gasteiger partial charge in [0.05, 0.1) is 0 Å². The molecule has 0 spiro atoms. The first kappa shape index (κ1) is 10.8. The van der Waals surface area contributed by atoms with Gasteiger partial charge in [-0.1, -0.05) is 37.6 Å². The van der Waals surface area contributed by atoms with Crippen LogP contribution >= 0.6 is 0 Å². The number of allylic oxidation sites excluding steroid dienone is 5. The molecule has 0 radical (unpaired) electrons. The minimum Gasteiger partial charge on any atom is -0.329 e. The normalized spacial score (nSPS) is 16.0. The van der Waals surface area contributed by atoms with Crippen LogP contribution in [0.5, 0.6) is 0 Å². The van der Waals surface area contributed by atoms with E-state index in [4.69, 9.17) is 0 Å². The molecule has 0 aromatic heterocycles. The Morgan fingerprint density at radius 3 is 2.79 bits per heavy atom. The first-order valence-corrected chi connectivity index (χ1v) is 4.94. The van der Waals surface area contributed by atoms with Crippen molar-refractivity contribution in [2.24, 2.45) is 5.92 Å². The summed E-state index contributed by atoms with van der Waals surface area (Å²) >= 11 is 0. The maximum Gasteiger partial charge on any atom is 0.226 e. The molecule has 0 aliphatic heterocycles. The third-order valence-electron chi connectivity index (χ3n) is 2.07. The highest BCUT2D eigenvalue weighted by molar-refractivity contribution is 5.79. The number of hydrogen-bond donors (Lipinski definition) is 1. The summed E-state index contributed by atoms with van der Waals surface area (Å²) in [5.74, 6) is 0.116. The maximum absolute atomic E-state index is 11.4. The van der Waals surface area contributed by atoms with Gasteiger partial charge in [0, 0.05) is 18.0 Å². The lowest BCUT2D eigenvalue weighted by Gasteiger charge is -2.08. The molecule has 2 nitrogen and oxygen atoms in total. The fourth-order valence-electron chi connectivity index (χ4n) is 1.12. The Morgan fingerprint density at radius 1 is 1.43 bits per heavy atom. The largest absolute Gasteiger partial charge is 0.329 e. The smallest absolute Gasteiger partial charge is 0.226 e. The quantitative estimate of drug-likeness (QED) is 0.714. The summed E-state index contributed by atoms with van der Waals surface area (Å²) in [6, 6.07) is 0. The van der Waals surface area contributed by atoms with E-state index in [0.717, 1.165) is 12.1 Å². The maximum atomic E-state index is 11.4. The third-order valence-corrected chi connectivity index (χ3v) is 2.07. The molecule has 1 N–H and O–H groups in total. The summed E-state index contributed by atoms with van der Waals surface area (Å²) in [6.07, 6.45) is 8.90. The van der Waals surface area contributed by atoms with Gasteiger partial charge in [-0.2, -0.15) is 0 Å². The summed E-state index contributed by atoms with van der Waals surface area (Å²) < 4.78 is 0. The molecule has 0 bridgehead atoms. The molecule has 2 heteroatoms. The standard InChI is InChI=1S/C12H17NO/c1-9(2)12(14)13-11-6-4-5-10(3)7-8-11/h4-5,7-9H,6H2,1-3H3,(H,13,14). The van der Waals surface area contributed by atoms with Crippen LogP contribution in [0.4, 0.5) is 0 Å². The molecule has 0 heterocycles. The Hall–Kier alpha value is -1.31. The van der Waals surface area contributed by atoms with Crippen LogP contribution in [0, 0.1) is 5.92 Å². The van der Waals surface area contributed by atoms with E-state index in [1.54, 1.807) is 0 Å². The molecule has 1 rings (SSSR count). The Balaban J connectivity index is 2.63. The number of amides is 1. The zero-order valence-corrected chi connectivity index (χ0v) is 9.00. The van der Waals surface area contributed by atoms with Crippen molar-refractivity contribution >= 4 is 5.91 Å². The van der Waals surface area contributed by atoms with E-state index >= 15 is 0 Å². The van der Waals surface area contributed by atoms with Gasteiger partial charge in [-0.3, -0.25) is 4.79 Å². The number of rotatable bonds is 2. The zero-order valence-electron chi connectivity index (χ0n) is 9.00. The summed E-state index contributed by atoms with van der Waals surface area (Å²) in [6.45, 7) is 5.83. The van der Waals surface area contributed by atoms with E-state index in [0.29, 0.717) is 0 Å². The van der Waals surface area contributed by atoms with E-state index < -0.39 is 0 Å². The fourth-order valence-corrected chi connectivity index (χ4v) is 1.12. The van der Waals surface area contributed by atoms with Crippen LogP contribution in [-0.4, -0.2) is 5.91 Å². The summed E-state index contributed by atoms with van der Waals surface area (Å²) in [7, 11) is 0. The van der Waals surface area contributed by atoms with E-state index in [9.17, 15) is 4.79 Å². The van der Waals surface area contributed by atoms with Gasteiger partial charge in [-0.05, 0) is 13.0 Å². The molecule has 0 saturated heterocycles. The molecular formula is C12H17NO. The first-order chi connectivity index (χ1) is 6.59. The molecule has 0 saturated carbocycles. The molecule has 0 aromatic carbocycles. The van der Waals surface area contributed by atoms with Gasteiger partial charge in [0.2, 0.25) is 5.91 Å². The second kappa shape index (κ2) is 4.80. The van der Waals surface area contributed by atoms with Crippen LogP contribution in [0.1, 0.15) is 27.2 Å². The molecule has 0 fully saturated rings. The highest BCUT2D eigenvalue weighted by Gasteiger charge is 2.07. The predicted molar refractivity (Wildman–Crippen MR) is 58.6 cm³/mol. The van der Waals surface area contributed by atoms with Crippen molar-refractivity contribution in [3.05, 3.63) is 35.6 Å². The van der Waals surface area contributed by atoms with Crippen molar-refractivity contribution in [1.82, 2.24) is 5.32 Å². The van der Waals surface area contributed by atoms with Crippen molar-refractivity contribution in [3.8, 4) is 0 Å². The SMILES string of the molecule is CC1=CC=C(NC(=O)C(C)C)CC=C1. The molecule has 0 atom stereocenters. The molecule has 0 aromatic rings. The predicted octanol–water partition coefficient (Wildman–Crippen LogP) is 2.55. The average Bonchev–Trinajstić information content (AvgIpc) is 2.31. The van der Waals surface area contributed by atoms with Crippen LogP contribution in [-0.2, 0) is 4.79 Å². The Labute approximate surface area is 85.4 Å². The molecule has 1 amide bonds. The van der Waals surface area contributed by atoms with E-state index in [2.05, 4.69) is 17.5 Å². The van der Waals surface area contributed by atoms with Crippen LogP contribution in [0.25, 0.3) is 0 Å². The fraction of sp³-hybridized carbons (Fsp3) is 0.417. The Bertz CT molecular complexity index is 308. The second-order valence-corrected chi connectivity index (χ2v) is 3.85. The lowest BCUT2D eigenvalue weighted by Crippen LogP contribution is -2.26. The molecule has 0 unspecified atom stereocenters. The van der Waals surface area contributed by atoms with Gasteiger partial charge >= 0.3 is 0 Å². The van der Waals surface area contributed by atoms with Gasteiger partial charge in [-0.15, -0.1) is 0 Å². The van der Waals surface area contributed by atoms with Crippen LogP contribution < -0.4 is 5.32 Å². The van der Waals surface area contributed by atoms with E-state index in [1.807, 2.05) is 32.9 Å². The lowest BCUT2D eigenvalue weighted by molar-refractivity contribution is -0.123. The summed E-state index contributed by atoms with van der Waals surface area (Å²) in [4.78, 5) is 11.4. The van der Waals surface area contributed by atoms with Crippen molar-refractivity contribution in [3.63, 3.8) is 0 Å². The third kappa shape index (κ3) is 3.21. The molecule has 1 aliphatic carbocycles. The van der Waals surface area contributed by atoms with Crippen molar-refractivity contribution in [1.29, 1.82) is 0 Å². The number of carbonyl (C=O) groups excluding carboxylic acids is 1. The molecular weight excluding hydrogens is 174 g/mol. The number of hydrogen-bond acceptors (Lipinski definition) is 1. The topological polar surface area (TPSA) is 29.1 Å². The summed E-state index contributed by atoms with van der Waals surface area (Å²) in [5, 5.41) is 2.91. The van der Waals surface area contributed by atoms with Gasteiger partial charge < -0.3 is 5.32 Å². The van der Waals surface area contributed by atoms with Gasteiger partial charge in [0.1, 0.15) is 0 Å². The molecule has 14 heavy (non-hydrogen) atoms. The van der Waals surface area contributed by atoms with E-state index in [1.165, 1.54) is 5.57 Å². The highest BCUT2D eigenvalue weighted by atomic mass is 16.1. The van der Waals surface area contributed by atoms with Crippen molar-refractivity contribution in [2.75, 3.05) is 0 Å². The van der Waals surface area contributed by atoms with Gasteiger partial charge in [0.15, 0.2) is 0 Å². The van der Waals surface area contributed by atoms with Crippen molar-refractivity contribution in [2.45, 2.75) is 27.2 Å². The minimum absolute atomic E-state index is 0.0354. The second-order valence-electron chi connectivity index (χ2n) is 3.85. The Morgan fingerprint density at radius 2 is 2.14 bits per heavy atom. The van der Waals surface area contributed by atoms with Crippen LogP contribution in [0.3, 0.4) is 0 Å². The Kier molecular flexibility index (Phi) is 3.69. The minimum atomic E-state index is 0.0354. The van der Waals surface area contributed by atoms with E-state index in [-0.39, 0.29) is 11.8 Å². The molecule has 76 valence electrons. The van der Waals surface area contributed by atoms with Crippen LogP contribution in [0.2, 0.25) is 0 Å².